The minimum atomic E-state index is -0.637. The molecular weight excluding hydrogens is 578 g/mol. The number of nitrogens with one attached hydrogen (secondary N) is 1. The lowest BCUT2D eigenvalue weighted by Gasteiger charge is -2.30. The molecule has 1 saturated heterocycles. The Kier molecular flexibility index (Phi) is 7.09. The van der Waals surface area contributed by atoms with Gasteiger partial charge in [-0.15, -0.1) is 32.9 Å². The van der Waals surface area contributed by atoms with E-state index >= 15 is 0 Å². The number of morpholine rings is 1. The molecule has 1 aliphatic heterocycles. The molecule has 1 amide bonds. The third-order valence-corrected chi connectivity index (χ3v) is 10.0. The smallest absolute Gasteiger partial charge is 0.254 e. The number of fused-ring (bicyclic) bond motifs is 2. The zero-order valence-electron chi connectivity index (χ0n) is 22.6. The Labute approximate surface area is 247 Å². The predicted molar refractivity (Wildman–Crippen MR) is 160 cm³/mol. The lowest BCUT2D eigenvalue weighted by molar-refractivity contribution is 0.1000. The van der Waals surface area contributed by atoms with Gasteiger partial charge in [0.05, 0.1) is 34.2 Å². The van der Waals surface area contributed by atoms with Gasteiger partial charge < -0.3 is 30.8 Å². The van der Waals surface area contributed by atoms with Gasteiger partial charge in [0.25, 0.3) is 5.91 Å². The van der Waals surface area contributed by atoms with E-state index in [-0.39, 0.29) is 23.1 Å². The van der Waals surface area contributed by atoms with E-state index in [0.29, 0.717) is 47.5 Å². The molecule has 5 aromatic rings. The molecule has 218 valence electrons. The number of nitrogens with zero attached hydrogens (tertiary/aromatic N) is 6. The van der Waals surface area contributed by atoms with E-state index < -0.39 is 5.91 Å². The number of primary amides is 1. The van der Waals surface area contributed by atoms with E-state index in [0.717, 1.165) is 58.9 Å². The van der Waals surface area contributed by atoms with Crippen molar-refractivity contribution >= 4 is 55.5 Å². The summed E-state index contributed by atoms with van der Waals surface area (Å²) in [6.45, 7) is 2.70. The number of hydrogen-bond donors (Lipinski definition) is 3. The molecule has 0 aromatic carbocycles. The first kappa shape index (κ1) is 26.9. The van der Waals surface area contributed by atoms with E-state index in [1.165, 1.54) is 29.0 Å². The maximum Gasteiger partial charge on any atom is 0.254 e. The van der Waals surface area contributed by atoms with Crippen molar-refractivity contribution < 1.29 is 13.9 Å². The van der Waals surface area contributed by atoms with Crippen LogP contribution in [-0.2, 0) is 11.2 Å². The van der Waals surface area contributed by atoms with Crippen LogP contribution in [0.25, 0.3) is 26.5 Å². The molecule has 0 unspecified atom stereocenters. The summed E-state index contributed by atoms with van der Waals surface area (Å²) in [6.07, 6.45) is 9.19. The number of anilines is 2. The molecule has 15 heteroatoms. The second-order valence-electron chi connectivity index (χ2n) is 10.5. The summed E-state index contributed by atoms with van der Waals surface area (Å²) in [5.41, 5.74) is 14.1. The zero-order valence-corrected chi connectivity index (χ0v) is 24.2. The van der Waals surface area contributed by atoms with Crippen molar-refractivity contribution in [3.8, 4) is 10.6 Å². The monoisotopic (exact) mass is 607 g/mol. The molecule has 1 aliphatic carbocycles. The third-order valence-electron chi connectivity index (χ3n) is 7.79. The van der Waals surface area contributed by atoms with Gasteiger partial charge in [-0.3, -0.25) is 14.0 Å². The van der Waals surface area contributed by atoms with Crippen LogP contribution in [0, 0.1) is 0 Å². The standard InChI is InChI=1S/C27H29N9O4S2/c28-16-3-1-2-4-17(16)32-27-33-18(21(24(29)38)25-34-31-13-36(25)27)9-14-11-30-26(41-14)15-12-40-22-19(37)10-20(42-23(15)22)35-5-7-39-8-6-35/h10-13,16-17H,1-9,28H2,(H2,29,38)(H,32,33)/t16-,17+/m1/s1. The van der Waals surface area contributed by atoms with Crippen LogP contribution < -0.4 is 27.1 Å². The number of aromatic nitrogens is 5. The first-order valence-corrected chi connectivity index (χ1v) is 15.5. The van der Waals surface area contributed by atoms with Crippen molar-refractivity contribution in [3.63, 3.8) is 0 Å². The van der Waals surface area contributed by atoms with Gasteiger partial charge in [-0.05, 0) is 12.8 Å². The number of amides is 1. The Bertz CT molecular complexity index is 1840. The largest absolute Gasteiger partial charge is 0.459 e. The van der Waals surface area contributed by atoms with Crippen molar-refractivity contribution in [1.29, 1.82) is 0 Å². The molecule has 6 heterocycles. The van der Waals surface area contributed by atoms with Crippen LogP contribution >= 0.6 is 22.7 Å². The van der Waals surface area contributed by atoms with Crippen LogP contribution in [0.5, 0.6) is 0 Å². The fourth-order valence-corrected chi connectivity index (χ4v) is 7.79. The summed E-state index contributed by atoms with van der Waals surface area (Å²) in [7, 11) is 0. The Morgan fingerprint density at radius 1 is 1.19 bits per heavy atom. The van der Waals surface area contributed by atoms with E-state index in [1.54, 1.807) is 22.9 Å². The second-order valence-corrected chi connectivity index (χ2v) is 12.7. The summed E-state index contributed by atoms with van der Waals surface area (Å²) in [5, 5.41) is 13.3. The number of nitrogens with two attached hydrogens (primary N) is 2. The topological polar surface area (TPSA) is 180 Å². The Hall–Kier alpha value is -3.92. The first-order chi connectivity index (χ1) is 20.5. The van der Waals surface area contributed by atoms with E-state index in [1.807, 2.05) is 0 Å². The molecule has 5 aromatic heterocycles. The first-order valence-electron chi connectivity index (χ1n) is 13.8. The minimum Gasteiger partial charge on any atom is -0.459 e. The number of thiazole rings is 1. The number of ether oxygens (including phenoxy) is 1. The molecule has 0 spiro atoms. The van der Waals surface area contributed by atoms with Crippen LogP contribution in [0.1, 0.15) is 46.6 Å². The van der Waals surface area contributed by atoms with Gasteiger partial charge >= 0.3 is 0 Å². The molecule has 7 rings (SSSR count). The average molecular weight is 608 g/mol. The van der Waals surface area contributed by atoms with Gasteiger partial charge in [0.1, 0.15) is 23.2 Å². The van der Waals surface area contributed by atoms with E-state index in [2.05, 4.69) is 25.4 Å². The Morgan fingerprint density at radius 2 is 2.02 bits per heavy atom. The molecule has 13 nitrogen and oxygen atoms in total. The van der Waals surface area contributed by atoms with Crippen LogP contribution in [-0.4, -0.2) is 68.9 Å². The molecule has 5 N–H and O–H groups in total. The summed E-state index contributed by atoms with van der Waals surface area (Å²) >= 11 is 2.95. The van der Waals surface area contributed by atoms with Crippen molar-refractivity contribution in [2.45, 2.75) is 44.2 Å². The highest BCUT2D eigenvalue weighted by molar-refractivity contribution is 7.23. The van der Waals surface area contributed by atoms with Gasteiger partial charge in [0, 0.05) is 48.7 Å². The molecular formula is C27H29N9O4S2. The fourth-order valence-electron chi connectivity index (χ4n) is 5.61. The van der Waals surface area contributed by atoms with Crippen molar-refractivity contribution in [1.82, 2.24) is 24.6 Å². The predicted octanol–water partition coefficient (Wildman–Crippen LogP) is 2.62. The molecule has 2 atom stereocenters. The molecule has 42 heavy (non-hydrogen) atoms. The highest BCUT2D eigenvalue weighted by atomic mass is 32.1. The Morgan fingerprint density at radius 3 is 2.83 bits per heavy atom. The van der Waals surface area contributed by atoms with Gasteiger partial charge in [0.15, 0.2) is 11.2 Å². The Balaban J connectivity index is 1.23. The van der Waals surface area contributed by atoms with Crippen LogP contribution in [0.4, 0.5) is 10.9 Å². The number of hydrogen-bond acceptors (Lipinski definition) is 13. The van der Waals surface area contributed by atoms with Gasteiger partial charge in [0.2, 0.25) is 11.4 Å². The van der Waals surface area contributed by atoms with Crippen LogP contribution in [0.3, 0.4) is 0 Å². The van der Waals surface area contributed by atoms with Gasteiger partial charge in [-0.1, -0.05) is 12.8 Å². The van der Waals surface area contributed by atoms with Crippen LogP contribution in [0.15, 0.2) is 34.1 Å². The summed E-state index contributed by atoms with van der Waals surface area (Å²) < 4.78 is 13.6. The maximum atomic E-state index is 12.9. The highest BCUT2D eigenvalue weighted by Crippen LogP contribution is 2.38. The molecule has 2 fully saturated rings. The highest BCUT2D eigenvalue weighted by Gasteiger charge is 2.26. The van der Waals surface area contributed by atoms with E-state index in [9.17, 15) is 9.59 Å². The normalized spacial score (nSPS) is 19.5. The van der Waals surface area contributed by atoms with Gasteiger partial charge in [-0.2, -0.15) is 0 Å². The SMILES string of the molecule is NC(=O)c1c(Cc2cnc(-c3coc4c(=O)cc(N5CCOCC5)sc34)s2)nc(N[C@H]2CCCC[C@H]2N)n2cnnc12. The van der Waals surface area contributed by atoms with Crippen molar-refractivity contribution in [2.24, 2.45) is 11.5 Å². The second kappa shape index (κ2) is 11.1. The van der Waals surface area contributed by atoms with Crippen LogP contribution in [0.2, 0.25) is 0 Å². The molecule has 0 radical (unpaired) electrons. The average Bonchev–Trinajstić information content (AvgIpc) is 3.75. The zero-order chi connectivity index (χ0) is 28.8. The number of carbonyl (C=O) groups is 1. The molecule has 2 aliphatic rings. The van der Waals surface area contributed by atoms with Crippen molar-refractivity contribution in [3.05, 3.63) is 51.2 Å². The lowest BCUT2D eigenvalue weighted by atomic mass is 9.91. The van der Waals surface area contributed by atoms with Crippen molar-refractivity contribution in [2.75, 3.05) is 36.5 Å². The number of rotatable bonds is 7. The minimum absolute atomic E-state index is 0.000325. The van der Waals surface area contributed by atoms with Gasteiger partial charge in [-0.25, -0.2) is 9.97 Å². The lowest BCUT2D eigenvalue weighted by Crippen LogP contribution is -2.43. The fraction of sp³-hybridized carbons (Fsp3) is 0.407. The summed E-state index contributed by atoms with van der Waals surface area (Å²) in [4.78, 5) is 38.0. The maximum absolute atomic E-state index is 12.9. The molecule has 0 bridgehead atoms. The summed E-state index contributed by atoms with van der Waals surface area (Å²) in [6, 6.07) is 1.67. The third kappa shape index (κ3) is 4.91. The quantitative estimate of drug-likeness (QED) is 0.247. The number of carbonyl (C=O) groups excluding carboxylic acids is 1. The van der Waals surface area contributed by atoms with E-state index in [4.69, 9.17) is 25.6 Å². The molecule has 1 saturated carbocycles. The summed E-state index contributed by atoms with van der Waals surface area (Å²) in [5.74, 6) is -0.120. The number of furan rings is 1.